The fraction of sp³-hybridized carbons (Fsp3) is 0.333. The quantitative estimate of drug-likeness (QED) is 0.303. The number of primary amides is 1. The summed E-state index contributed by atoms with van der Waals surface area (Å²) in [5, 5.41) is 10.0. The molecular weight excluding hydrogens is 444 g/mol. The lowest BCUT2D eigenvalue weighted by atomic mass is 9.91. The second kappa shape index (κ2) is 10.0. The average Bonchev–Trinajstić information content (AvgIpc) is 3.28. The summed E-state index contributed by atoms with van der Waals surface area (Å²) in [7, 11) is 0. The van der Waals surface area contributed by atoms with Crippen molar-refractivity contribution < 1.29 is 4.79 Å². The standard InChI is InChI=1S/C24H28N10O/c1-15-8-30-24(32-17-4-2-16(3-5-17)28-12-21(25)35)33-23(15)20-11-29-22-7-6-18(13-34(20)22)31-19-9-26-14-27-10-19/h6-11,13-14,16-17,28,31H,2-5,12H2,1H3,(H2,25,35)(H,30,32,33). The molecule has 4 aromatic heterocycles. The zero-order chi connectivity index (χ0) is 24.2. The summed E-state index contributed by atoms with van der Waals surface area (Å²) in [4.78, 5) is 33.0. The maximum absolute atomic E-state index is 11.0. The maximum atomic E-state index is 11.0. The van der Waals surface area contributed by atoms with Gasteiger partial charge in [-0.15, -0.1) is 0 Å². The van der Waals surface area contributed by atoms with Gasteiger partial charge in [0.25, 0.3) is 0 Å². The number of aromatic nitrogens is 6. The first-order chi connectivity index (χ1) is 17.0. The summed E-state index contributed by atoms with van der Waals surface area (Å²) < 4.78 is 2.01. The van der Waals surface area contributed by atoms with Gasteiger partial charge < -0.3 is 21.7 Å². The molecule has 1 aliphatic rings. The van der Waals surface area contributed by atoms with E-state index in [-0.39, 0.29) is 18.5 Å². The number of nitrogens with one attached hydrogen (secondary N) is 3. The highest BCUT2D eigenvalue weighted by molar-refractivity contribution is 5.75. The molecule has 0 atom stereocenters. The van der Waals surface area contributed by atoms with Crippen molar-refractivity contribution >= 4 is 28.9 Å². The molecule has 0 radical (unpaired) electrons. The smallest absolute Gasteiger partial charge is 0.231 e. The van der Waals surface area contributed by atoms with Crippen LogP contribution in [0.4, 0.5) is 17.3 Å². The number of nitrogens with zero attached hydrogens (tertiary/aromatic N) is 6. The molecule has 0 aliphatic heterocycles. The molecule has 35 heavy (non-hydrogen) atoms. The fourth-order valence-corrected chi connectivity index (χ4v) is 4.40. The van der Waals surface area contributed by atoms with Crippen LogP contribution in [0, 0.1) is 6.92 Å². The number of hydrogen-bond donors (Lipinski definition) is 4. The summed E-state index contributed by atoms with van der Waals surface area (Å²) in [6.45, 7) is 2.22. The van der Waals surface area contributed by atoms with Gasteiger partial charge in [-0.1, -0.05) is 0 Å². The molecule has 5 rings (SSSR count). The largest absolute Gasteiger partial charge is 0.369 e. The first-order valence-electron chi connectivity index (χ1n) is 11.7. The van der Waals surface area contributed by atoms with E-state index >= 15 is 0 Å². The number of pyridine rings is 1. The van der Waals surface area contributed by atoms with Gasteiger partial charge in [-0.25, -0.2) is 24.9 Å². The molecule has 0 saturated heterocycles. The highest BCUT2D eigenvalue weighted by atomic mass is 16.1. The molecule has 5 N–H and O–H groups in total. The van der Waals surface area contributed by atoms with E-state index in [9.17, 15) is 4.79 Å². The summed E-state index contributed by atoms with van der Waals surface area (Å²) in [6.07, 6.45) is 14.5. The van der Waals surface area contributed by atoms with Crippen molar-refractivity contribution in [1.29, 1.82) is 0 Å². The van der Waals surface area contributed by atoms with Gasteiger partial charge in [0, 0.05) is 24.5 Å². The van der Waals surface area contributed by atoms with Gasteiger partial charge >= 0.3 is 0 Å². The Labute approximate surface area is 202 Å². The van der Waals surface area contributed by atoms with Gasteiger partial charge in [0.2, 0.25) is 11.9 Å². The van der Waals surface area contributed by atoms with Crippen LogP contribution in [0.15, 0.2) is 49.4 Å². The lowest BCUT2D eigenvalue weighted by Gasteiger charge is -2.29. The second-order valence-corrected chi connectivity index (χ2v) is 8.81. The average molecular weight is 473 g/mol. The maximum Gasteiger partial charge on any atom is 0.231 e. The fourth-order valence-electron chi connectivity index (χ4n) is 4.40. The van der Waals surface area contributed by atoms with E-state index in [1.807, 2.05) is 42.0 Å². The Morgan fingerprint density at radius 2 is 1.80 bits per heavy atom. The molecule has 180 valence electrons. The van der Waals surface area contributed by atoms with Crippen LogP contribution in [0.3, 0.4) is 0 Å². The van der Waals surface area contributed by atoms with Crippen molar-refractivity contribution in [3.63, 3.8) is 0 Å². The molecule has 4 heterocycles. The van der Waals surface area contributed by atoms with E-state index in [1.54, 1.807) is 12.4 Å². The molecule has 0 unspecified atom stereocenters. The van der Waals surface area contributed by atoms with Gasteiger partial charge in [0.05, 0.1) is 47.9 Å². The van der Waals surface area contributed by atoms with E-state index in [2.05, 4.69) is 35.9 Å². The van der Waals surface area contributed by atoms with Crippen molar-refractivity contribution in [2.24, 2.45) is 5.73 Å². The molecule has 11 heteroatoms. The van der Waals surface area contributed by atoms with Gasteiger partial charge in [-0.2, -0.15) is 0 Å². The third-order valence-electron chi connectivity index (χ3n) is 6.19. The number of hydrogen-bond acceptors (Lipinski definition) is 9. The van der Waals surface area contributed by atoms with Crippen LogP contribution < -0.4 is 21.7 Å². The molecule has 0 aromatic carbocycles. The summed E-state index contributed by atoms with van der Waals surface area (Å²) in [6, 6.07) is 4.52. The van der Waals surface area contributed by atoms with Crippen LogP contribution in [0.25, 0.3) is 17.0 Å². The Kier molecular flexibility index (Phi) is 6.49. The molecule has 1 aliphatic carbocycles. The van der Waals surface area contributed by atoms with Crippen LogP contribution in [0.5, 0.6) is 0 Å². The molecule has 1 fully saturated rings. The van der Waals surface area contributed by atoms with Crippen LogP contribution >= 0.6 is 0 Å². The number of fused-ring (bicyclic) bond motifs is 1. The molecule has 4 aromatic rings. The number of imidazole rings is 1. The van der Waals surface area contributed by atoms with Crippen molar-refractivity contribution in [1.82, 2.24) is 34.6 Å². The minimum absolute atomic E-state index is 0.225. The van der Waals surface area contributed by atoms with Crippen molar-refractivity contribution in [3.05, 3.63) is 55.0 Å². The Morgan fingerprint density at radius 3 is 2.57 bits per heavy atom. The molecule has 0 spiro atoms. The zero-order valence-corrected chi connectivity index (χ0v) is 19.5. The SMILES string of the molecule is Cc1cnc(NC2CCC(NCC(N)=O)CC2)nc1-c1cnc2ccc(Nc3cncnc3)cn12. The second-order valence-electron chi connectivity index (χ2n) is 8.81. The topological polar surface area (TPSA) is 148 Å². The van der Waals surface area contributed by atoms with Gasteiger partial charge in [-0.3, -0.25) is 9.20 Å². The Bertz CT molecular complexity index is 1310. The van der Waals surface area contributed by atoms with Crippen molar-refractivity contribution in [3.8, 4) is 11.4 Å². The predicted molar refractivity (Wildman–Crippen MR) is 133 cm³/mol. The number of nitrogens with two attached hydrogens (primary N) is 1. The van der Waals surface area contributed by atoms with E-state index in [0.717, 1.165) is 59.7 Å². The first-order valence-corrected chi connectivity index (χ1v) is 11.7. The summed E-state index contributed by atoms with van der Waals surface area (Å²) in [5.41, 5.74) is 10.4. The third-order valence-corrected chi connectivity index (χ3v) is 6.19. The van der Waals surface area contributed by atoms with Gasteiger partial charge in [-0.05, 0) is 50.3 Å². The minimum atomic E-state index is -0.324. The Morgan fingerprint density at radius 1 is 1.03 bits per heavy atom. The predicted octanol–water partition coefficient (Wildman–Crippen LogP) is 2.43. The number of carbonyl (C=O) groups is 1. The van der Waals surface area contributed by atoms with Crippen molar-refractivity contribution in [2.75, 3.05) is 17.2 Å². The van der Waals surface area contributed by atoms with Crippen LogP contribution in [-0.2, 0) is 4.79 Å². The number of rotatable bonds is 8. The lowest BCUT2D eigenvalue weighted by molar-refractivity contribution is -0.117. The highest BCUT2D eigenvalue weighted by Gasteiger charge is 2.22. The zero-order valence-electron chi connectivity index (χ0n) is 19.5. The number of anilines is 3. The molecule has 1 amide bonds. The lowest BCUT2D eigenvalue weighted by Crippen LogP contribution is -2.41. The van der Waals surface area contributed by atoms with E-state index < -0.39 is 0 Å². The number of amides is 1. The number of carbonyl (C=O) groups excluding carboxylic acids is 1. The molecule has 11 nitrogen and oxygen atoms in total. The first kappa shape index (κ1) is 22.7. The Balaban J connectivity index is 1.33. The molecule has 0 bridgehead atoms. The van der Waals surface area contributed by atoms with Crippen LogP contribution in [-0.4, -0.2) is 53.9 Å². The monoisotopic (exact) mass is 472 g/mol. The number of aryl methyl sites for hydroxylation is 1. The Hall–Kier alpha value is -4.12. The highest BCUT2D eigenvalue weighted by Crippen LogP contribution is 2.27. The normalized spacial score (nSPS) is 17.9. The van der Waals surface area contributed by atoms with E-state index in [0.29, 0.717) is 12.0 Å². The third kappa shape index (κ3) is 5.35. The molecular formula is C24H28N10O. The van der Waals surface area contributed by atoms with Crippen molar-refractivity contribution in [2.45, 2.75) is 44.7 Å². The van der Waals surface area contributed by atoms with Gasteiger partial charge in [0.1, 0.15) is 12.0 Å². The summed E-state index contributed by atoms with van der Waals surface area (Å²) in [5.74, 6) is 0.278. The van der Waals surface area contributed by atoms with E-state index in [1.165, 1.54) is 6.33 Å². The molecule has 1 saturated carbocycles. The van der Waals surface area contributed by atoms with Gasteiger partial charge in [0.15, 0.2) is 0 Å². The summed E-state index contributed by atoms with van der Waals surface area (Å²) >= 11 is 0. The minimum Gasteiger partial charge on any atom is -0.369 e. The van der Waals surface area contributed by atoms with E-state index in [4.69, 9.17) is 10.7 Å². The van der Waals surface area contributed by atoms with Crippen LogP contribution in [0.2, 0.25) is 0 Å². The van der Waals surface area contributed by atoms with Crippen LogP contribution in [0.1, 0.15) is 31.2 Å².